The van der Waals surface area contributed by atoms with E-state index < -0.39 is 11.9 Å². The summed E-state index contributed by atoms with van der Waals surface area (Å²) in [6.07, 6.45) is 0. The highest BCUT2D eigenvalue weighted by Gasteiger charge is 2.12. The highest BCUT2D eigenvalue weighted by Crippen LogP contribution is 2.21. The fraction of sp³-hybridized carbons (Fsp3) is 0.0667. The van der Waals surface area contributed by atoms with Crippen molar-refractivity contribution in [3.05, 3.63) is 59.2 Å². The molecule has 0 bridgehead atoms. The van der Waals surface area contributed by atoms with Crippen molar-refractivity contribution in [1.29, 1.82) is 0 Å². The second kappa shape index (κ2) is 5.44. The van der Waals surface area contributed by atoms with Gasteiger partial charge in [-0.25, -0.2) is 9.59 Å². The fourth-order valence-corrected chi connectivity index (χ4v) is 1.69. The molecule has 0 unspecified atom stereocenters. The van der Waals surface area contributed by atoms with Crippen molar-refractivity contribution in [2.24, 2.45) is 0 Å². The third kappa shape index (κ3) is 2.95. The van der Waals surface area contributed by atoms with Crippen molar-refractivity contribution in [2.45, 2.75) is 6.92 Å². The van der Waals surface area contributed by atoms with E-state index in [0.29, 0.717) is 5.56 Å². The predicted octanol–water partition coefficient (Wildman–Crippen LogP) is 2.62. The Morgan fingerprint density at radius 2 is 1.80 bits per heavy atom. The van der Waals surface area contributed by atoms with Crippen LogP contribution in [-0.2, 0) is 0 Å². The Hall–Kier alpha value is -2.82. The summed E-state index contributed by atoms with van der Waals surface area (Å²) in [6, 6.07) is 10.0. The van der Waals surface area contributed by atoms with E-state index in [9.17, 15) is 14.7 Å². The van der Waals surface area contributed by atoms with Crippen molar-refractivity contribution in [3.8, 4) is 11.5 Å². The van der Waals surface area contributed by atoms with Crippen LogP contribution in [0.15, 0.2) is 42.5 Å². The largest absolute Gasteiger partial charge is 0.508 e. The Balaban J connectivity index is 2.22. The van der Waals surface area contributed by atoms with Crippen molar-refractivity contribution in [1.82, 2.24) is 0 Å². The highest BCUT2D eigenvalue weighted by atomic mass is 16.5. The van der Waals surface area contributed by atoms with Gasteiger partial charge in [0.2, 0.25) is 0 Å². The van der Waals surface area contributed by atoms with E-state index in [0.717, 1.165) is 0 Å². The molecule has 0 aromatic heterocycles. The SMILES string of the molecule is Cc1cc(C(=O)O)ccc1OC(=O)c1cccc(O)c1. The Labute approximate surface area is 115 Å². The fourth-order valence-electron chi connectivity index (χ4n) is 1.69. The lowest BCUT2D eigenvalue weighted by atomic mass is 10.1. The molecule has 0 aliphatic carbocycles. The molecule has 5 nitrogen and oxygen atoms in total. The highest BCUT2D eigenvalue weighted by molar-refractivity contribution is 5.92. The van der Waals surface area contributed by atoms with Crippen LogP contribution >= 0.6 is 0 Å². The lowest BCUT2D eigenvalue weighted by Crippen LogP contribution is -2.09. The Bertz CT molecular complexity index is 676. The zero-order valence-corrected chi connectivity index (χ0v) is 10.7. The Morgan fingerprint density at radius 3 is 2.40 bits per heavy atom. The summed E-state index contributed by atoms with van der Waals surface area (Å²) in [7, 11) is 0. The molecule has 0 amide bonds. The number of phenolic OH excluding ortho intramolecular Hbond substituents is 1. The van der Waals surface area contributed by atoms with Gasteiger partial charge in [-0.05, 0) is 48.9 Å². The molecule has 5 heteroatoms. The molecular formula is C15H12O5. The number of ether oxygens (including phenoxy) is 1. The van der Waals surface area contributed by atoms with Gasteiger partial charge in [0.1, 0.15) is 11.5 Å². The van der Waals surface area contributed by atoms with Crippen LogP contribution in [0.25, 0.3) is 0 Å². The number of rotatable bonds is 3. The van der Waals surface area contributed by atoms with Crippen LogP contribution in [-0.4, -0.2) is 22.2 Å². The third-order valence-electron chi connectivity index (χ3n) is 2.71. The summed E-state index contributed by atoms with van der Waals surface area (Å²) in [4.78, 5) is 22.7. The number of esters is 1. The van der Waals surface area contributed by atoms with Gasteiger partial charge < -0.3 is 14.9 Å². The first-order valence-corrected chi connectivity index (χ1v) is 5.82. The van der Waals surface area contributed by atoms with Crippen molar-refractivity contribution in [2.75, 3.05) is 0 Å². The number of carboxylic acid groups (broad SMARTS) is 1. The zero-order valence-electron chi connectivity index (χ0n) is 10.7. The van der Waals surface area contributed by atoms with Gasteiger partial charge in [-0.1, -0.05) is 6.07 Å². The molecule has 2 rings (SSSR count). The molecule has 0 aliphatic heterocycles. The Morgan fingerprint density at radius 1 is 1.05 bits per heavy atom. The molecule has 2 aromatic carbocycles. The van der Waals surface area contributed by atoms with Crippen molar-refractivity contribution in [3.63, 3.8) is 0 Å². The molecule has 0 aliphatic rings. The molecule has 0 atom stereocenters. The van der Waals surface area contributed by atoms with Gasteiger partial charge in [0.15, 0.2) is 0 Å². The van der Waals surface area contributed by atoms with Crippen molar-refractivity contribution < 1.29 is 24.5 Å². The topological polar surface area (TPSA) is 83.8 Å². The minimum atomic E-state index is -1.04. The van der Waals surface area contributed by atoms with Crippen molar-refractivity contribution >= 4 is 11.9 Å². The zero-order chi connectivity index (χ0) is 14.7. The molecule has 0 radical (unpaired) electrons. The second-order valence-electron chi connectivity index (χ2n) is 4.23. The van der Waals surface area contributed by atoms with Gasteiger partial charge in [0.25, 0.3) is 0 Å². The van der Waals surface area contributed by atoms with E-state index in [4.69, 9.17) is 9.84 Å². The van der Waals surface area contributed by atoms with E-state index in [1.807, 2.05) is 0 Å². The van der Waals surface area contributed by atoms with E-state index in [1.54, 1.807) is 6.92 Å². The summed E-state index contributed by atoms with van der Waals surface area (Å²) in [5.74, 6) is -1.41. The third-order valence-corrected chi connectivity index (χ3v) is 2.71. The molecule has 0 fully saturated rings. The van der Waals surface area contributed by atoms with Crippen LogP contribution < -0.4 is 4.74 Å². The number of aromatic carboxylic acids is 1. The number of benzene rings is 2. The average molecular weight is 272 g/mol. The molecule has 2 N–H and O–H groups in total. The van der Waals surface area contributed by atoms with Crippen LogP contribution in [0.4, 0.5) is 0 Å². The number of carboxylic acids is 1. The van der Waals surface area contributed by atoms with Crippen LogP contribution in [0.3, 0.4) is 0 Å². The maximum absolute atomic E-state index is 11.9. The number of carbonyl (C=O) groups excluding carboxylic acids is 1. The first-order valence-electron chi connectivity index (χ1n) is 5.82. The van der Waals surface area contributed by atoms with Gasteiger partial charge >= 0.3 is 11.9 Å². The smallest absolute Gasteiger partial charge is 0.343 e. The van der Waals surface area contributed by atoms with E-state index in [-0.39, 0.29) is 22.6 Å². The lowest BCUT2D eigenvalue weighted by molar-refractivity contribution is 0.0696. The summed E-state index contributed by atoms with van der Waals surface area (Å²) in [6.45, 7) is 1.65. The van der Waals surface area contributed by atoms with Crippen LogP contribution in [0.2, 0.25) is 0 Å². The molecule has 102 valence electrons. The van der Waals surface area contributed by atoms with Crippen LogP contribution in [0, 0.1) is 6.92 Å². The van der Waals surface area contributed by atoms with E-state index >= 15 is 0 Å². The minimum Gasteiger partial charge on any atom is -0.508 e. The maximum atomic E-state index is 11.9. The maximum Gasteiger partial charge on any atom is 0.343 e. The lowest BCUT2D eigenvalue weighted by Gasteiger charge is -2.08. The quantitative estimate of drug-likeness (QED) is 0.662. The summed E-state index contributed by atoms with van der Waals surface area (Å²) < 4.78 is 5.18. The van der Waals surface area contributed by atoms with Gasteiger partial charge in [-0.2, -0.15) is 0 Å². The normalized spacial score (nSPS) is 10.1. The first kappa shape index (κ1) is 13.6. The molecule has 0 spiro atoms. The Kier molecular flexibility index (Phi) is 3.70. The number of phenols is 1. The molecule has 2 aromatic rings. The van der Waals surface area contributed by atoms with E-state index in [1.165, 1.54) is 42.5 Å². The number of aromatic hydroxyl groups is 1. The monoisotopic (exact) mass is 272 g/mol. The summed E-state index contributed by atoms with van der Waals surface area (Å²) in [5, 5.41) is 18.2. The van der Waals surface area contributed by atoms with Crippen LogP contribution in [0.5, 0.6) is 11.5 Å². The van der Waals surface area contributed by atoms with Gasteiger partial charge in [0, 0.05) is 0 Å². The number of carbonyl (C=O) groups is 2. The number of hydrogen-bond acceptors (Lipinski definition) is 4. The van der Waals surface area contributed by atoms with E-state index in [2.05, 4.69) is 0 Å². The second-order valence-corrected chi connectivity index (χ2v) is 4.23. The number of hydrogen-bond donors (Lipinski definition) is 2. The number of aryl methyl sites for hydroxylation is 1. The standard InChI is InChI=1S/C15H12O5/c1-9-7-10(14(17)18)5-6-13(9)20-15(19)11-3-2-4-12(16)8-11/h2-8,16H,1H3,(H,17,18). The predicted molar refractivity (Wildman–Crippen MR) is 71.2 cm³/mol. The van der Waals surface area contributed by atoms with Gasteiger partial charge in [-0.3, -0.25) is 0 Å². The molecule has 0 heterocycles. The molecular weight excluding hydrogens is 260 g/mol. The molecule has 0 saturated carbocycles. The van der Waals surface area contributed by atoms with Gasteiger partial charge in [0.05, 0.1) is 11.1 Å². The molecule has 20 heavy (non-hydrogen) atoms. The van der Waals surface area contributed by atoms with Gasteiger partial charge in [-0.15, -0.1) is 0 Å². The average Bonchev–Trinajstić information content (AvgIpc) is 2.40. The minimum absolute atomic E-state index is 0.0302. The van der Waals surface area contributed by atoms with Crippen LogP contribution in [0.1, 0.15) is 26.3 Å². The summed E-state index contributed by atoms with van der Waals surface area (Å²) in [5.41, 5.74) is 0.879. The first-order chi connectivity index (χ1) is 9.47. The summed E-state index contributed by atoms with van der Waals surface area (Å²) >= 11 is 0. The molecule has 0 saturated heterocycles.